The molecule has 1 saturated carbocycles. The third-order valence-electron chi connectivity index (χ3n) is 3.82. The number of anilines is 1. The Labute approximate surface area is 111 Å². The highest BCUT2D eigenvalue weighted by Gasteiger charge is 2.20. The Morgan fingerprint density at radius 1 is 1.39 bits per heavy atom. The first-order valence-electron chi connectivity index (χ1n) is 7.19. The second-order valence-corrected chi connectivity index (χ2v) is 5.49. The number of nitrogens with one attached hydrogen (secondary N) is 1. The van der Waals surface area contributed by atoms with E-state index in [4.69, 9.17) is 4.74 Å². The van der Waals surface area contributed by atoms with Gasteiger partial charge in [-0.05, 0) is 56.9 Å². The van der Waals surface area contributed by atoms with Gasteiger partial charge in [0.05, 0.1) is 6.61 Å². The van der Waals surface area contributed by atoms with Crippen LogP contribution >= 0.6 is 0 Å². The zero-order chi connectivity index (χ0) is 13.0. The fourth-order valence-corrected chi connectivity index (χ4v) is 2.61. The topological polar surface area (TPSA) is 21.3 Å². The van der Waals surface area contributed by atoms with Crippen molar-refractivity contribution >= 4 is 5.69 Å². The summed E-state index contributed by atoms with van der Waals surface area (Å²) in [5, 5.41) is 3.62. The average molecular weight is 247 g/mol. The Hall–Kier alpha value is -1.18. The van der Waals surface area contributed by atoms with Gasteiger partial charge >= 0.3 is 0 Å². The molecule has 0 radical (unpaired) electrons. The first kappa shape index (κ1) is 13.3. The van der Waals surface area contributed by atoms with Gasteiger partial charge in [-0.1, -0.05) is 19.3 Å². The van der Waals surface area contributed by atoms with Crippen LogP contribution in [0.2, 0.25) is 0 Å². The lowest BCUT2D eigenvalue weighted by molar-refractivity contribution is 0.286. The molecule has 0 bridgehead atoms. The lowest BCUT2D eigenvalue weighted by atomic mass is 9.81. The number of rotatable bonds is 6. The van der Waals surface area contributed by atoms with Gasteiger partial charge in [0, 0.05) is 11.7 Å². The van der Waals surface area contributed by atoms with E-state index in [9.17, 15) is 0 Å². The minimum atomic E-state index is 0.562. The molecule has 1 aliphatic carbocycles. The highest BCUT2D eigenvalue weighted by atomic mass is 16.5. The predicted octanol–water partition coefficient (Wildman–Crippen LogP) is 4.38. The molecule has 1 aromatic rings. The molecule has 2 nitrogen and oxygen atoms in total. The molecule has 1 N–H and O–H groups in total. The van der Waals surface area contributed by atoms with Crippen LogP contribution in [0.3, 0.4) is 0 Å². The van der Waals surface area contributed by atoms with E-state index in [1.165, 1.54) is 36.9 Å². The zero-order valence-electron chi connectivity index (χ0n) is 11.8. The van der Waals surface area contributed by atoms with Gasteiger partial charge in [-0.15, -0.1) is 0 Å². The average Bonchev–Trinajstić information content (AvgIpc) is 2.28. The molecule has 0 heterocycles. The van der Waals surface area contributed by atoms with E-state index in [1.807, 2.05) is 6.92 Å². The first-order valence-corrected chi connectivity index (χ1v) is 7.19. The molecule has 18 heavy (non-hydrogen) atoms. The van der Waals surface area contributed by atoms with Crippen molar-refractivity contribution < 1.29 is 4.74 Å². The molecule has 2 heteroatoms. The number of ether oxygens (including phenoxy) is 1. The van der Waals surface area contributed by atoms with E-state index >= 15 is 0 Å². The summed E-state index contributed by atoms with van der Waals surface area (Å²) in [6.07, 6.45) is 5.58. The Kier molecular flexibility index (Phi) is 4.51. The minimum Gasteiger partial charge on any atom is -0.494 e. The van der Waals surface area contributed by atoms with E-state index in [0.717, 1.165) is 18.3 Å². The van der Waals surface area contributed by atoms with Gasteiger partial charge in [0.2, 0.25) is 0 Å². The number of aryl methyl sites for hydroxylation is 1. The maximum absolute atomic E-state index is 5.51. The molecule has 0 amide bonds. The summed E-state index contributed by atoms with van der Waals surface area (Å²) >= 11 is 0. The van der Waals surface area contributed by atoms with Crippen molar-refractivity contribution in [3.63, 3.8) is 0 Å². The van der Waals surface area contributed by atoms with Crippen molar-refractivity contribution in [3.8, 4) is 5.75 Å². The molecule has 0 saturated heterocycles. The fourth-order valence-electron chi connectivity index (χ4n) is 2.61. The van der Waals surface area contributed by atoms with E-state index < -0.39 is 0 Å². The molecule has 0 spiro atoms. The van der Waals surface area contributed by atoms with E-state index in [1.54, 1.807) is 0 Å². The molecule has 1 atom stereocenters. The quantitative estimate of drug-likeness (QED) is 0.805. The highest BCUT2D eigenvalue weighted by Crippen LogP contribution is 2.31. The van der Waals surface area contributed by atoms with Crippen LogP contribution < -0.4 is 10.1 Å². The molecule has 2 rings (SSSR count). The Morgan fingerprint density at radius 2 is 2.17 bits per heavy atom. The lowest BCUT2D eigenvalue weighted by Gasteiger charge is -2.29. The molecule has 100 valence electrons. The second-order valence-electron chi connectivity index (χ2n) is 5.49. The van der Waals surface area contributed by atoms with Gasteiger partial charge < -0.3 is 10.1 Å². The van der Waals surface area contributed by atoms with Gasteiger partial charge in [0.25, 0.3) is 0 Å². The van der Waals surface area contributed by atoms with Crippen molar-refractivity contribution in [2.45, 2.75) is 52.5 Å². The van der Waals surface area contributed by atoms with Crippen LogP contribution in [-0.2, 0) is 0 Å². The standard InChI is InChI=1S/C16H25NO/c1-4-18-15-8-9-16(12(2)10-15)17-13(3)11-14-6-5-7-14/h8-10,13-14,17H,4-7,11H2,1-3H3. The normalized spacial score (nSPS) is 17.1. The highest BCUT2D eigenvalue weighted by molar-refractivity contribution is 5.54. The maximum Gasteiger partial charge on any atom is 0.119 e. The Bertz CT molecular complexity index is 385. The van der Waals surface area contributed by atoms with Crippen LogP contribution in [0.1, 0.15) is 45.1 Å². The first-order chi connectivity index (χ1) is 8.69. The van der Waals surface area contributed by atoms with Gasteiger partial charge in [-0.2, -0.15) is 0 Å². The van der Waals surface area contributed by atoms with Crippen LogP contribution in [-0.4, -0.2) is 12.6 Å². The van der Waals surface area contributed by atoms with Crippen molar-refractivity contribution in [1.29, 1.82) is 0 Å². The van der Waals surface area contributed by atoms with Crippen LogP contribution in [0.4, 0.5) is 5.69 Å². The third-order valence-corrected chi connectivity index (χ3v) is 3.82. The molecule has 0 aromatic heterocycles. The van der Waals surface area contributed by atoms with Gasteiger partial charge in [0.1, 0.15) is 5.75 Å². The van der Waals surface area contributed by atoms with Gasteiger partial charge in [-0.25, -0.2) is 0 Å². The minimum absolute atomic E-state index is 0.562. The van der Waals surface area contributed by atoms with Crippen molar-refractivity contribution in [2.75, 3.05) is 11.9 Å². The second kappa shape index (κ2) is 6.12. The maximum atomic E-state index is 5.51. The molecule has 1 aliphatic rings. The summed E-state index contributed by atoms with van der Waals surface area (Å²) in [7, 11) is 0. The van der Waals surface area contributed by atoms with Crippen molar-refractivity contribution in [1.82, 2.24) is 0 Å². The van der Waals surface area contributed by atoms with E-state index in [2.05, 4.69) is 37.4 Å². The fraction of sp³-hybridized carbons (Fsp3) is 0.625. The van der Waals surface area contributed by atoms with Gasteiger partial charge in [-0.3, -0.25) is 0 Å². The number of benzene rings is 1. The lowest BCUT2D eigenvalue weighted by Crippen LogP contribution is -2.23. The Morgan fingerprint density at radius 3 is 2.72 bits per heavy atom. The van der Waals surface area contributed by atoms with Crippen molar-refractivity contribution in [2.24, 2.45) is 5.92 Å². The SMILES string of the molecule is CCOc1ccc(NC(C)CC2CCC2)c(C)c1. The molecular formula is C16H25NO. The summed E-state index contributed by atoms with van der Waals surface area (Å²) in [6.45, 7) is 7.17. The van der Waals surface area contributed by atoms with Crippen LogP contribution in [0, 0.1) is 12.8 Å². The zero-order valence-corrected chi connectivity index (χ0v) is 11.8. The van der Waals surface area contributed by atoms with Crippen LogP contribution in [0.25, 0.3) is 0 Å². The summed E-state index contributed by atoms with van der Waals surface area (Å²) in [5.74, 6) is 1.92. The van der Waals surface area contributed by atoms with E-state index in [0.29, 0.717) is 6.04 Å². The monoisotopic (exact) mass is 247 g/mol. The molecule has 0 aliphatic heterocycles. The third kappa shape index (κ3) is 3.41. The number of hydrogen-bond donors (Lipinski definition) is 1. The predicted molar refractivity (Wildman–Crippen MR) is 77.4 cm³/mol. The largest absolute Gasteiger partial charge is 0.494 e. The molecular weight excluding hydrogens is 222 g/mol. The van der Waals surface area contributed by atoms with E-state index in [-0.39, 0.29) is 0 Å². The summed E-state index contributed by atoms with van der Waals surface area (Å²) in [5.41, 5.74) is 2.51. The molecule has 1 fully saturated rings. The smallest absolute Gasteiger partial charge is 0.119 e. The molecule has 1 unspecified atom stereocenters. The van der Waals surface area contributed by atoms with Crippen molar-refractivity contribution in [3.05, 3.63) is 23.8 Å². The summed E-state index contributed by atoms with van der Waals surface area (Å²) < 4.78 is 5.51. The van der Waals surface area contributed by atoms with Crippen LogP contribution in [0.15, 0.2) is 18.2 Å². The van der Waals surface area contributed by atoms with Crippen LogP contribution in [0.5, 0.6) is 5.75 Å². The summed E-state index contributed by atoms with van der Waals surface area (Å²) in [4.78, 5) is 0. The molecule has 1 aromatic carbocycles. The number of hydrogen-bond acceptors (Lipinski definition) is 2. The summed E-state index contributed by atoms with van der Waals surface area (Å²) in [6, 6.07) is 6.86. The van der Waals surface area contributed by atoms with Gasteiger partial charge in [0.15, 0.2) is 0 Å². The Balaban J connectivity index is 1.91.